The van der Waals surface area contributed by atoms with Crippen LogP contribution in [-0.4, -0.2) is 62.7 Å². The Morgan fingerprint density at radius 3 is 2.47 bits per heavy atom. The third-order valence-corrected chi connectivity index (χ3v) is 10.0. The molecule has 2 aromatic carbocycles. The van der Waals surface area contributed by atoms with Crippen LogP contribution in [0.25, 0.3) is 33.4 Å². The molecule has 12 nitrogen and oxygen atoms in total. The maximum Gasteiger partial charge on any atom is 0.332 e. The van der Waals surface area contributed by atoms with E-state index in [0.29, 0.717) is 75.9 Å². The molecule has 3 aromatic heterocycles. The van der Waals surface area contributed by atoms with Crippen LogP contribution in [0, 0.1) is 6.92 Å². The lowest BCUT2D eigenvalue weighted by Gasteiger charge is -2.30. The van der Waals surface area contributed by atoms with E-state index >= 15 is 0 Å². The number of pyridine rings is 1. The molecule has 49 heavy (non-hydrogen) atoms. The fourth-order valence-electron chi connectivity index (χ4n) is 6.62. The molecule has 5 aromatic rings. The summed E-state index contributed by atoms with van der Waals surface area (Å²) in [7, 11) is 4.58. The number of fused-ring (bicyclic) bond motifs is 2. The highest BCUT2D eigenvalue weighted by atomic mass is 35.5. The first-order valence-electron chi connectivity index (χ1n) is 15.9. The van der Waals surface area contributed by atoms with E-state index in [0.717, 1.165) is 22.1 Å². The molecule has 0 amide bonds. The van der Waals surface area contributed by atoms with Gasteiger partial charge in [0.1, 0.15) is 17.0 Å². The summed E-state index contributed by atoms with van der Waals surface area (Å²) in [4.78, 5) is 39.5. The third kappa shape index (κ3) is 5.97. The number of hydrogen-bond donors (Lipinski definition) is 2. The molecule has 1 aliphatic heterocycles. The van der Waals surface area contributed by atoms with Crippen LogP contribution >= 0.6 is 23.2 Å². The Balaban J connectivity index is 1.23. The second kappa shape index (κ2) is 13.2. The third-order valence-electron chi connectivity index (χ3n) is 9.20. The average Bonchev–Trinajstić information content (AvgIpc) is 3.50. The van der Waals surface area contributed by atoms with Gasteiger partial charge in [-0.05, 0) is 37.5 Å². The number of methoxy groups -OCH3 is 1. The SMILES string of the molecule is COc1nc(-c2cccc(-c3cccc(Nc4nc(C)nc5c4c(=O)n(C)c(=O)n5C)c3Cl)c2Cl)cc2c1CC(O[C@H]1COCC[C@H]1N)C2. The van der Waals surface area contributed by atoms with Gasteiger partial charge in [0.15, 0.2) is 5.65 Å². The van der Waals surface area contributed by atoms with Crippen LogP contribution in [0.5, 0.6) is 5.88 Å². The Kier molecular flexibility index (Phi) is 8.92. The second-order valence-electron chi connectivity index (χ2n) is 12.4. The van der Waals surface area contributed by atoms with E-state index in [1.165, 1.54) is 11.6 Å². The van der Waals surface area contributed by atoms with Crippen molar-refractivity contribution in [1.82, 2.24) is 24.1 Å². The van der Waals surface area contributed by atoms with Crippen molar-refractivity contribution in [3.8, 4) is 28.3 Å². The smallest absolute Gasteiger partial charge is 0.332 e. The van der Waals surface area contributed by atoms with E-state index < -0.39 is 11.2 Å². The number of anilines is 2. The number of aromatic nitrogens is 5. The van der Waals surface area contributed by atoms with Crippen molar-refractivity contribution in [1.29, 1.82) is 0 Å². The quantitative estimate of drug-likeness (QED) is 0.244. The van der Waals surface area contributed by atoms with Crippen LogP contribution in [0.15, 0.2) is 52.1 Å². The summed E-state index contributed by atoms with van der Waals surface area (Å²) in [5, 5.41) is 4.19. The highest BCUT2D eigenvalue weighted by molar-refractivity contribution is 6.39. The number of halogens is 2. The predicted molar refractivity (Wildman–Crippen MR) is 189 cm³/mol. The highest BCUT2D eigenvalue weighted by Gasteiger charge is 2.32. The molecular weight excluding hydrogens is 669 g/mol. The Morgan fingerprint density at radius 2 is 1.71 bits per heavy atom. The molecule has 0 bridgehead atoms. The predicted octanol–water partition coefficient (Wildman–Crippen LogP) is 4.72. The first-order valence-corrected chi connectivity index (χ1v) is 16.7. The molecule has 1 unspecified atom stereocenters. The molecule has 254 valence electrons. The van der Waals surface area contributed by atoms with Gasteiger partial charge < -0.3 is 25.3 Å². The summed E-state index contributed by atoms with van der Waals surface area (Å²) < 4.78 is 20.1. The van der Waals surface area contributed by atoms with Crippen molar-refractivity contribution in [2.24, 2.45) is 19.8 Å². The van der Waals surface area contributed by atoms with Crippen molar-refractivity contribution >= 4 is 45.7 Å². The Hall–Kier alpha value is -4.33. The fourth-order valence-corrected chi connectivity index (χ4v) is 7.22. The number of rotatable bonds is 7. The number of nitrogens with two attached hydrogens (primary N) is 1. The molecule has 4 heterocycles. The molecule has 0 saturated carbocycles. The van der Waals surface area contributed by atoms with Gasteiger partial charge >= 0.3 is 5.69 Å². The van der Waals surface area contributed by atoms with Crippen molar-refractivity contribution in [2.45, 2.75) is 44.4 Å². The summed E-state index contributed by atoms with van der Waals surface area (Å²) in [6.45, 7) is 2.83. The molecule has 1 fully saturated rings. The lowest BCUT2D eigenvalue weighted by atomic mass is 9.99. The van der Waals surface area contributed by atoms with Gasteiger partial charge in [-0.2, -0.15) is 0 Å². The van der Waals surface area contributed by atoms with Gasteiger partial charge in [0, 0.05) is 55.4 Å². The fraction of sp³-hybridized carbons (Fsp3) is 0.343. The molecule has 3 atom stereocenters. The molecule has 2 aliphatic rings. The normalized spacial score (nSPS) is 18.9. The monoisotopic (exact) mass is 703 g/mol. The number of nitrogens with zero attached hydrogens (tertiary/aromatic N) is 5. The summed E-state index contributed by atoms with van der Waals surface area (Å²) in [5.74, 6) is 1.14. The largest absolute Gasteiger partial charge is 0.481 e. The van der Waals surface area contributed by atoms with Crippen molar-refractivity contribution in [3.05, 3.63) is 90.3 Å². The first-order chi connectivity index (χ1) is 23.5. The molecular formula is C35H35Cl2N7O5. The van der Waals surface area contributed by atoms with E-state index in [1.807, 2.05) is 36.4 Å². The summed E-state index contributed by atoms with van der Waals surface area (Å²) in [5.41, 5.74) is 10.8. The zero-order valence-corrected chi connectivity index (χ0v) is 28.9. The average molecular weight is 705 g/mol. The van der Waals surface area contributed by atoms with E-state index in [4.69, 9.17) is 48.1 Å². The molecule has 1 saturated heterocycles. The Bertz CT molecular complexity index is 2240. The summed E-state index contributed by atoms with van der Waals surface area (Å²) in [6.07, 6.45) is 1.92. The molecule has 3 N–H and O–H groups in total. The molecule has 7 rings (SSSR count). The molecule has 14 heteroatoms. The van der Waals surface area contributed by atoms with Crippen LogP contribution < -0.4 is 27.0 Å². The Labute approximate surface area is 291 Å². The van der Waals surface area contributed by atoms with Gasteiger partial charge in [0.2, 0.25) is 5.88 Å². The van der Waals surface area contributed by atoms with E-state index in [9.17, 15) is 9.59 Å². The van der Waals surface area contributed by atoms with Crippen molar-refractivity contribution in [3.63, 3.8) is 0 Å². The number of aryl methyl sites for hydroxylation is 2. The topological polar surface area (TPSA) is 148 Å². The van der Waals surface area contributed by atoms with Crippen LogP contribution in [0.4, 0.5) is 11.5 Å². The van der Waals surface area contributed by atoms with E-state index in [1.54, 1.807) is 27.1 Å². The zero-order chi connectivity index (χ0) is 34.6. The van der Waals surface area contributed by atoms with Gasteiger partial charge in [0.25, 0.3) is 5.56 Å². The van der Waals surface area contributed by atoms with Gasteiger partial charge in [-0.25, -0.2) is 19.7 Å². The molecule has 0 radical (unpaired) electrons. The standard InChI is InChI=1S/C35H35Cl2N7O5/c1-17-39-31(28-32(40-17)43(2)35(46)44(3)34(28)45)41-25-10-6-8-21(30(25)37)20-7-5-9-22(29(20)36)26-14-18-13-19(15-23(18)33(42-26)47-4)49-27-16-48-12-11-24(27)38/h5-10,14,19,24,27H,11-13,15-16,38H2,1-4H3,(H,39,40,41)/t19?,24-,27+/m1/s1. The molecule has 1 aliphatic carbocycles. The summed E-state index contributed by atoms with van der Waals surface area (Å²) >= 11 is 14.2. The lowest BCUT2D eigenvalue weighted by molar-refractivity contribution is -0.0901. The van der Waals surface area contributed by atoms with Crippen molar-refractivity contribution in [2.75, 3.05) is 25.6 Å². The van der Waals surface area contributed by atoms with Crippen LogP contribution in [-0.2, 0) is 36.4 Å². The number of benzene rings is 2. The minimum absolute atomic E-state index is 0.0536. The maximum atomic E-state index is 13.2. The zero-order valence-electron chi connectivity index (χ0n) is 27.4. The highest BCUT2D eigenvalue weighted by Crippen LogP contribution is 2.43. The van der Waals surface area contributed by atoms with E-state index in [2.05, 4.69) is 15.3 Å². The minimum Gasteiger partial charge on any atom is -0.481 e. The lowest BCUT2D eigenvalue weighted by Crippen LogP contribution is -2.46. The maximum absolute atomic E-state index is 13.2. The Morgan fingerprint density at radius 1 is 0.980 bits per heavy atom. The van der Waals surface area contributed by atoms with Gasteiger partial charge in [-0.1, -0.05) is 53.5 Å². The van der Waals surface area contributed by atoms with Crippen LogP contribution in [0.2, 0.25) is 10.0 Å². The number of hydrogen-bond acceptors (Lipinski definition) is 10. The van der Waals surface area contributed by atoms with Gasteiger partial charge in [-0.15, -0.1) is 0 Å². The van der Waals surface area contributed by atoms with Crippen LogP contribution in [0.3, 0.4) is 0 Å². The second-order valence-corrected chi connectivity index (χ2v) is 13.1. The van der Waals surface area contributed by atoms with E-state index in [-0.39, 0.29) is 35.1 Å². The molecule has 0 spiro atoms. The van der Waals surface area contributed by atoms with Gasteiger partial charge in [0.05, 0.1) is 47.4 Å². The summed E-state index contributed by atoms with van der Waals surface area (Å²) in [6, 6.07) is 13.2. The number of ether oxygens (including phenoxy) is 3. The van der Waals surface area contributed by atoms with Crippen LogP contribution in [0.1, 0.15) is 23.4 Å². The minimum atomic E-state index is -0.523. The first kappa shape index (κ1) is 33.2. The number of nitrogens with one attached hydrogen (secondary N) is 1. The van der Waals surface area contributed by atoms with Crippen molar-refractivity contribution < 1.29 is 14.2 Å². The van der Waals surface area contributed by atoms with Gasteiger partial charge in [-0.3, -0.25) is 13.9 Å².